The van der Waals surface area contributed by atoms with E-state index in [1.165, 1.54) is 6.07 Å². The van der Waals surface area contributed by atoms with Gasteiger partial charge in [0.25, 0.3) is 0 Å². The summed E-state index contributed by atoms with van der Waals surface area (Å²) >= 11 is 5.81. The Morgan fingerprint density at radius 2 is 2.39 bits per heavy atom. The van der Waals surface area contributed by atoms with Gasteiger partial charge in [0.05, 0.1) is 23.6 Å². The van der Waals surface area contributed by atoms with Crippen LogP contribution in [0.2, 0.25) is 5.02 Å². The van der Waals surface area contributed by atoms with E-state index >= 15 is 0 Å². The van der Waals surface area contributed by atoms with E-state index in [-0.39, 0.29) is 11.1 Å². The fourth-order valence-corrected chi connectivity index (χ4v) is 2.40. The maximum absolute atomic E-state index is 13.2. The summed E-state index contributed by atoms with van der Waals surface area (Å²) in [5, 5.41) is 12.3. The number of anilines is 1. The molecular weight excluding hydrogens is 253 g/mol. The predicted molar refractivity (Wildman–Crippen MR) is 70.2 cm³/mol. The van der Waals surface area contributed by atoms with Crippen LogP contribution in [0.5, 0.6) is 0 Å². The van der Waals surface area contributed by atoms with Gasteiger partial charge in [-0.05, 0) is 25.1 Å². The molecule has 0 amide bonds. The summed E-state index contributed by atoms with van der Waals surface area (Å²) in [5.74, 6) is -0.416. The van der Waals surface area contributed by atoms with E-state index in [0.717, 1.165) is 18.8 Å². The van der Waals surface area contributed by atoms with E-state index in [1.54, 1.807) is 12.1 Å². The Kier molecular flexibility index (Phi) is 4.05. The van der Waals surface area contributed by atoms with Crippen molar-refractivity contribution in [2.24, 2.45) is 0 Å². The summed E-state index contributed by atoms with van der Waals surface area (Å²) in [6.45, 7) is 3.62. The summed E-state index contributed by atoms with van der Waals surface area (Å²) in [6.07, 6.45) is 0.439. The molecule has 1 N–H and O–H groups in total. The molecule has 1 saturated heterocycles. The quantitative estimate of drug-likeness (QED) is 0.895. The summed E-state index contributed by atoms with van der Waals surface area (Å²) in [5.41, 5.74) is 0.870. The second-order valence-electron chi connectivity index (χ2n) is 4.58. The number of benzene rings is 1. The first kappa shape index (κ1) is 13.1. The van der Waals surface area contributed by atoms with Gasteiger partial charge in [-0.15, -0.1) is 0 Å². The van der Waals surface area contributed by atoms with Crippen molar-refractivity contribution in [1.29, 1.82) is 5.26 Å². The second-order valence-corrected chi connectivity index (χ2v) is 4.98. The highest BCUT2D eigenvalue weighted by Gasteiger charge is 2.26. The van der Waals surface area contributed by atoms with Crippen LogP contribution in [-0.2, 0) is 0 Å². The van der Waals surface area contributed by atoms with Crippen molar-refractivity contribution in [3.8, 4) is 6.07 Å². The van der Waals surface area contributed by atoms with Gasteiger partial charge in [0.1, 0.15) is 5.82 Å². The van der Waals surface area contributed by atoms with Crippen molar-refractivity contribution in [1.82, 2.24) is 5.32 Å². The fraction of sp³-hybridized carbons (Fsp3) is 0.462. The molecule has 1 aromatic carbocycles. The highest BCUT2D eigenvalue weighted by Crippen LogP contribution is 2.26. The van der Waals surface area contributed by atoms with Crippen LogP contribution in [0, 0.1) is 17.1 Å². The van der Waals surface area contributed by atoms with E-state index in [2.05, 4.69) is 23.2 Å². The Labute approximate surface area is 111 Å². The third kappa shape index (κ3) is 2.74. The monoisotopic (exact) mass is 267 g/mol. The zero-order valence-corrected chi connectivity index (χ0v) is 10.9. The lowest BCUT2D eigenvalue weighted by Gasteiger charge is -2.40. The Morgan fingerprint density at radius 3 is 3.06 bits per heavy atom. The first-order valence-corrected chi connectivity index (χ1v) is 6.31. The Morgan fingerprint density at radius 1 is 1.61 bits per heavy atom. The maximum Gasteiger partial charge on any atom is 0.141 e. The molecule has 18 heavy (non-hydrogen) atoms. The molecule has 0 saturated carbocycles. The smallest absolute Gasteiger partial charge is 0.141 e. The summed E-state index contributed by atoms with van der Waals surface area (Å²) in [6, 6.07) is 7.34. The van der Waals surface area contributed by atoms with Gasteiger partial charge in [0.15, 0.2) is 0 Å². The molecule has 2 unspecified atom stereocenters. The van der Waals surface area contributed by atoms with Crippen LogP contribution < -0.4 is 10.2 Å². The normalized spacial score (nSPS) is 23.8. The van der Waals surface area contributed by atoms with Crippen molar-refractivity contribution >= 4 is 17.3 Å². The molecule has 96 valence electrons. The van der Waals surface area contributed by atoms with Crippen LogP contribution in [-0.4, -0.2) is 25.2 Å². The average Bonchev–Trinajstić information content (AvgIpc) is 2.35. The lowest BCUT2D eigenvalue weighted by atomic mass is 10.1. The Hall–Kier alpha value is -1.31. The van der Waals surface area contributed by atoms with E-state index in [9.17, 15) is 4.39 Å². The first-order valence-electron chi connectivity index (χ1n) is 5.94. The third-order valence-corrected chi connectivity index (χ3v) is 3.46. The van der Waals surface area contributed by atoms with Crippen molar-refractivity contribution in [2.45, 2.75) is 25.4 Å². The van der Waals surface area contributed by atoms with Gasteiger partial charge in [-0.1, -0.05) is 11.6 Å². The molecular formula is C13H15ClFN3. The molecule has 0 bridgehead atoms. The highest BCUT2D eigenvalue weighted by atomic mass is 35.5. The lowest BCUT2D eigenvalue weighted by Crippen LogP contribution is -2.55. The second kappa shape index (κ2) is 5.55. The number of nitrogens with zero attached hydrogens (tertiary/aromatic N) is 2. The minimum atomic E-state index is -0.416. The molecule has 1 aliphatic heterocycles. The highest BCUT2D eigenvalue weighted by molar-refractivity contribution is 6.31. The molecule has 1 aliphatic rings. The van der Waals surface area contributed by atoms with Gasteiger partial charge in [-0.2, -0.15) is 5.26 Å². The van der Waals surface area contributed by atoms with Crippen LogP contribution in [0.25, 0.3) is 0 Å². The number of piperazine rings is 1. The van der Waals surface area contributed by atoms with Crippen molar-refractivity contribution in [2.75, 3.05) is 18.0 Å². The van der Waals surface area contributed by atoms with E-state index in [0.29, 0.717) is 12.5 Å². The Balaban J connectivity index is 2.26. The van der Waals surface area contributed by atoms with Gasteiger partial charge in [0, 0.05) is 24.8 Å². The zero-order chi connectivity index (χ0) is 13.1. The molecule has 1 fully saturated rings. The molecule has 0 aliphatic carbocycles. The van der Waals surface area contributed by atoms with Gasteiger partial charge < -0.3 is 10.2 Å². The number of hydrogen-bond donors (Lipinski definition) is 1. The number of rotatable bonds is 2. The lowest BCUT2D eigenvalue weighted by molar-refractivity contribution is 0.412. The number of halogens is 2. The van der Waals surface area contributed by atoms with Crippen LogP contribution >= 0.6 is 11.6 Å². The van der Waals surface area contributed by atoms with E-state index in [4.69, 9.17) is 16.9 Å². The largest absolute Gasteiger partial charge is 0.365 e. The molecule has 5 heteroatoms. The predicted octanol–water partition coefficient (Wildman–Crippen LogP) is 2.56. The van der Waals surface area contributed by atoms with Gasteiger partial charge in [0.2, 0.25) is 0 Å². The average molecular weight is 268 g/mol. The van der Waals surface area contributed by atoms with Crippen LogP contribution in [0.1, 0.15) is 13.3 Å². The van der Waals surface area contributed by atoms with Crippen LogP contribution in [0.4, 0.5) is 10.1 Å². The van der Waals surface area contributed by atoms with Gasteiger partial charge in [-0.3, -0.25) is 0 Å². The van der Waals surface area contributed by atoms with Crippen molar-refractivity contribution < 1.29 is 4.39 Å². The SMILES string of the molecule is CC1CN(c2ccc(F)c(Cl)c2)C(CC#N)CN1. The molecule has 0 spiro atoms. The minimum Gasteiger partial charge on any atom is -0.365 e. The van der Waals surface area contributed by atoms with Crippen molar-refractivity contribution in [3.05, 3.63) is 29.0 Å². The van der Waals surface area contributed by atoms with Crippen LogP contribution in [0.15, 0.2) is 18.2 Å². The number of nitriles is 1. The zero-order valence-electron chi connectivity index (χ0n) is 10.2. The van der Waals surface area contributed by atoms with E-state index < -0.39 is 5.82 Å². The number of hydrogen-bond acceptors (Lipinski definition) is 3. The molecule has 1 aromatic rings. The van der Waals surface area contributed by atoms with Gasteiger partial charge >= 0.3 is 0 Å². The summed E-state index contributed by atoms with van der Waals surface area (Å²) < 4.78 is 13.2. The summed E-state index contributed by atoms with van der Waals surface area (Å²) in [4.78, 5) is 2.12. The molecule has 1 heterocycles. The molecule has 2 atom stereocenters. The Bertz CT molecular complexity index is 472. The van der Waals surface area contributed by atoms with Gasteiger partial charge in [-0.25, -0.2) is 4.39 Å². The number of nitrogens with one attached hydrogen (secondary N) is 1. The molecule has 0 radical (unpaired) electrons. The topological polar surface area (TPSA) is 39.1 Å². The minimum absolute atomic E-state index is 0.104. The van der Waals surface area contributed by atoms with Crippen molar-refractivity contribution in [3.63, 3.8) is 0 Å². The summed E-state index contributed by atoms with van der Waals surface area (Å²) in [7, 11) is 0. The first-order chi connectivity index (χ1) is 8.61. The van der Waals surface area contributed by atoms with E-state index in [1.807, 2.05) is 0 Å². The molecule has 3 nitrogen and oxygen atoms in total. The third-order valence-electron chi connectivity index (χ3n) is 3.18. The van der Waals surface area contributed by atoms with Crippen LogP contribution in [0.3, 0.4) is 0 Å². The molecule has 2 rings (SSSR count). The standard InChI is InChI=1S/C13H15ClFN3/c1-9-8-18(11(4-5-16)7-17-9)10-2-3-13(15)12(14)6-10/h2-3,6,9,11,17H,4,7-8H2,1H3. The fourth-order valence-electron chi connectivity index (χ4n) is 2.22. The maximum atomic E-state index is 13.2. The molecule has 0 aromatic heterocycles.